The molecule has 0 aliphatic heterocycles. The molecule has 6 heteroatoms. The number of nitrogens with one attached hydrogen (secondary N) is 2. The van der Waals surface area contributed by atoms with Gasteiger partial charge in [0.05, 0.1) is 12.2 Å². The van der Waals surface area contributed by atoms with E-state index < -0.39 is 0 Å². The molecule has 4 N–H and O–H groups in total. The van der Waals surface area contributed by atoms with Crippen molar-refractivity contribution in [1.82, 2.24) is 15.0 Å². The maximum atomic E-state index is 5.39. The highest BCUT2D eigenvalue weighted by atomic mass is 15.3. The second-order valence-electron chi connectivity index (χ2n) is 4.18. The first kappa shape index (κ1) is 13.2. The first-order chi connectivity index (χ1) is 9.21. The number of aryl methyl sites for hydroxylation is 2. The van der Waals surface area contributed by atoms with Crippen LogP contribution in [0.15, 0.2) is 24.3 Å². The Bertz CT molecular complexity index is 532. The third kappa shape index (κ3) is 3.62. The molecule has 0 bridgehead atoms. The molecule has 0 amide bonds. The summed E-state index contributed by atoms with van der Waals surface area (Å²) < 4.78 is 0. The number of nitrogens with zero attached hydrogens (tertiary/aromatic N) is 3. The molecule has 2 rings (SSSR count). The summed E-state index contributed by atoms with van der Waals surface area (Å²) in [5.41, 5.74) is 4.51. The van der Waals surface area contributed by atoms with Crippen LogP contribution in [0.5, 0.6) is 0 Å². The van der Waals surface area contributed by atoms with Gasteiger partial charge in [0, 0.05) is 18.2 Å². The van der Waals surface area contributed by atoms with Crippen LogP contribution in [0.3, 0.4) is 0 Å². The van der Waals surface area contributed by atoms with Crippen molar-refractivity contribution in [3.63, 3.8) is 0 Å². The van der Waals surface area contributed by atoms with E-state index in [4.69, 9.17) is 5.84 Å². The summed E-state index contributed by atoms with van der Waals surface area (Å²) in [5.74, 6) is 7.48. The largest absolute Gasteiger partial charge is 0.364 e. The molecule has 0 saturated carbocycles. The summed E-state index contributed by atoms with van der Waals surface area (Å²) in [6, 6.07) is 7.71. The van der Waals surface area contributed by atoms with E-state index in [0.29, 0.717) is 12.4 Å². The molecular formula is C13H18N6. The van der Waals surface area contributed by atoms with Gasteiger partial charge in [0.1, 0.15) is 17.5 Å². The van der Waals surface area contributed by atoms with Gasteiger partial charge in [-0.1, -0.05) is 13.0 Å². The molecule has 2 aromatic rings. The van der Waals surface area contributed by atoms with Gasteiger partial charge in [0.15, 0.2) is 0 Å². The van der Waals surface area contributed by atoms with Gasteiger partial charge in [-0.15, -0.1) is 0 Å². The lowest BCUT2D eigenvalue weighted by Crippen LogP contribution is -2.12. The van der Waals surface area contributed by atoms with Crippen molar-refractivity contribution in [2.24, 2.45) is 5.84 Å². The van der Waals surface area contributed by atoms with Crippen LogP contribution in [-0.4, -0.2) is 15.0 Å². The first-order valence-corrected chi connectivity index (χ1v) is 6.22. The minimum atomic E-state index is 0.603. The van der Waals surface area contributed by atoms with Gasteiger partial charge in [-0.2, -0.15) is 0 Å². The minimum Gasteiger partial charge on any atom is -0.364 e. The number of hydrazine groups is 1. The first-order valence-electron chi connectivity index (χ1n) is 6.22. The molecule has 0 aliphatic rings. The molecule has 0 saturated heterocycles. The number of hydrogen-bond acceptors (Lipinski definition) is 6. The van der Waals surface area contributed by atoms with Gasteiger partial charge in [-0.25, -0.2) is 15.8 Å². The lowest BCUT2D eigenvalue weighted by atomic mass is 10.3. The second-order valence-corrected chi connectivity index (χ2v) is 4.18. The Morgan fingerprint density at radius 1 is 1.16 bits per heavy atom. The van der Waals surface area contributed by atoms with Crippen LogP contribution in [0.4, 0.5) is 11.6 Å². The maximum Gasteiger partial charge on any atom is 0.145 e. The topological polar surface area (TPSA) is 88.8 Å². The summed E-state index contributed by atoms with van der Waals surface area (Å²) >= 11 is 0. The van der Waals surface area contributed by atoms with Crippen LogP contribution in [-0.2, 0) is 13.0 Å². The molecule has 0 atom stereocenters. The number of anilines is 2. The van der Waals surface area contributed by atoms with Crippen molar-refractivity contribution in [1.29, 1.82) is 0 Å². The van der Waals surface area contributed by atoms with Crippen molar-refractivity contribution in [2.45, 2.75) is 26.8 Å². The Hall–Kier alpha value is -2.21. The predicted molar refractivity (Wildman–Crippen MR) is 75.5 cm³/mol. The normalized spacial score (nSPS) is 10.3. The molecule has 0 aromatic carbocycles. The monoisotopic (exact) mass is 258 g/mol. The van der Waals surface area contributed by atoms with E-state index in [-0.39, 0.29) is 0 Å². The van der Waals surface area contributed by atoms with Crippen molar-refractivity contribution in [3.8, 4) is 0 Å². The third-order valence-corrected chi connectivity index (χ3v) is 2.63. The fraction of sp³-hybridized carbons (Fsp3) is 0.308. The van der Waals surface area contributed by atoms with Crippen LogP contribution < -0.4 is 16.6 Å². The van der Waals surface area contributed by atoms with E-state index in [1.807, 2.05) is 32.0 Å². The zero-order valence-corrected chi connectivity index (χ0v) is 11.1. The zero-order chi connectivity index (χ0) is 13.7. The van der Waals surface area contributed by atoms with Crippen LogP contribution in [0, 0.1) is 6.92 Å². The van der Waals surface area contributed by atoms with Gasteiger partial charge in [-0.05, 0) is 19.1 Å². The van der Waals surface area contributed by atoms with E-state index in [2.05, 4.69) is 25.7 Å². The van der Waals surface area contributed by atoms with Gasteiger partial charge in [0.25, 0.3) is 0 Å². The predicted octanol–water partition coefficient (Wildman–Crippen LogP) is 1.64. The number of rotatable bonds is 5. The number of nitrogens with two attached hydrogens (primary N) is 1. The van der Waals surface area contributed by atoms with Crippen LogP contribution >= 0.6 is 0 Å². The maximum absolute atomic E-state index is 5.39. The number of pyridine rings is 1. The SMILES string of the molecule is CCc1nc(NN)cc(NCc2cccc(C)n2)n1. The number of hydrogen-bond donors (Lipinski definition) is 3. The molecule has 2 heterocycles. The van der Waals surface area contributed by atoms with Crippen molar-refractivity contribution in [3.05, 3.63) is 41.5 Å². The molecule has 0 aliphatic carbocycles. The van der Waals surface area contributed by atoms with Crippen LogP contribution in [0.2, 0.25) is 0 Å². The average molecular weight is 258 g/mol. The van der Waals surface area contributed by atoms with Gasteiger partial charge < -0.3 is 10.7 Å². The third-order valence-electron chi connectivity index (χ3n) is 2.63. The lowest BCUT2D eigenvalue weighted by molar-refractivity contribution is 0.924. The van der Waals surface area contributed by atoms with E-state index in [1.165, 1.54) is 0 Å². The summed E-state index contributed by atoms with van der Waals surface area (Å²) in [4.78, 5) is 13.1. The molecule has 0 fully saturated rings. The average Bonchev–Trinajstić information content (AvgIpc) is 2.44. The van der Waals surface area contributed by atoms with Gasteiger partial charge >= 0.3 is 0 Å². The fourth-order valence-electron chi connectivity index (χ4n) is 1.70. The zero-order valence-electron chi connectivity index (χ0n) is 11.1. The second kappa shape index (κ2) is 6.10. The van der Waals surface area contributed by atoms with Gasteiger partial charge in [-0.3, -0.25) is 4.98 Å². The van der Waals surface area contributed by atoms with Crippen molar-refractivity contribution < 1.29 is 0 Å². The Balaban J connectivity index is 2.10. The Morgan fingerprint density at radius 3 is 2.63 bits per heavy atom. The van der Waals surface area contributed by atoms with Crippen LogP contribution in [0.25, 0.3) is 0 Å². The Morgan fingerprint density at radius 2 is 1.95 bits per heavy atom. The quantitative estimate of drug-likeness (QED) is 0.558. The molecule has 19 heavy (non-hydrogen) atoms. The highest BCUT2D eigenvalue weighted by Crippen LogP contribution is 2.12. The lowest BCUT2D eigenvalue weighted by Gasteiger charge is -2.09. The standard InChI is InChI=1S/C13H18N6/c1-3-11-17-12(7-13(18-11)19-14)15-8-10-6-4-5-9(2)16-10/h4-7H,3,8,14H2,1-2H3,(H2,15,17,18,19). The van der Waals surface area contributed by atoms with Crippen molar-refractivity contribution >= 4 is 11.6 Å². The van der Waals surface area contributed by atoms with E-state index in [1.54, 1.807) is 6.07 Å². The Labute approximate surface area is 112 Å². The molecular weight excluding hydrogens is 240 g/mol. The molecule has 6 nitrogen and oxygen atoms in total. The number of nitrogen functional groups attached to an aromatic ring is 1. The molecule has 2 aromatic heterocycles. The molecule has 100 valence electrons. The summed E-state index contributed by atoms with van der Waals surface area (Å²) in [6.07, 6.45) is 0.757. The fourth-order valence-corrected chi connectivity index (χ4v) is 1.70. The highest BCUT2D eigenvalue weighted by molar-refractivity contribution is 5.47. The molecule has 0 radical (unpaired) electrons. The summed E-state index contributed by atoms with van der Waals surface area (Å²) in [5, 5.41) is 3.23. The minimum absolute atomic E-state index is 0.603. The summed E-state index contributed by atoms with van der Waals surface area (Å²) in [7, 11) is 0. The van der Waals surface area contributed by atoms with Crippen molar-refractivity contribution in [2.75, 3.05) is 10.7 Å². The van der Waals surface area contributed by atoms with Gasteiger partial charge in [0.2, 0.25) is 0 Å². The Kier molecular flexibility index (Phi) is 4.25. The van der Waals surface area contributed by atoms with E-state index in [0.717, 1.165) is 29.5 Å². The number of aromatic nitrogens is 3. The van der Waals surface area contributed by atoms with E-state index in [9.17, 15) is 0 Å². The smallest absolute Gasteiger partial charge is 0.145 e. The van der Waals surface area contributed by atoms with Crippen LogP contribution in [0.1, 0.15) is 24.1 Å². The summed E-state index contributed by atoms with van der Waals surface area (Å²) in [6.45, 7) is 4.59. The van der Waals surface area contributed by atoms with E-state index >= 15 is 0 Å². The highest BCUT2D eigenvalue weighted by Gasteiger charge is 2.03. The molecule has 0 unspecified atom stereocenters. The molecule has 0 spiro atoms.